The summed E-state index contributed by atoms with van der Waals surface area (Å²) in [5.74, 6) is -5.37. The molecule has 6 amide bonds. The maximum absolute atomic E-state index is 13.3. The SMILES string of the molecule is CC(=O)N[C@@H]1[C@@H](O)[C@H](O[C@@H]2O[C@H](CO)[C@@H](O[C@@H]3O[C@H](CO[C@H]4O[C@H](CO)[C@@H](O)[C@H](O)[C@@H]4O[C@@H]4O[C@H](CO)[C@@H](O)[C@H](O)[C@H]4NC(C)=O)[C@@H](O)[C@H](O[C@H]4O[C@H](CO)[C@@H](O[C@@H]5O[C@H](CO)[C@@H](O)[C@H](O)[C@H]5NC(C)=O)[C@H](O)[C@@H]4O[C@@H]4O[C@H](CO)[C@@H](O[C@@H]5O[C@H](CO)[C@H](O)[C@H](O)[C@H]5NC(C)=O)[C@H](O)[C@H]4NC(C)=O)[C@@H]3O)[C@H](O)[C@H]2NC(C)=O)[C@@H](CO)O[C@H]1O. The van der Waals surface area contributed by atoms with Crippen molar-refractivity contribution in [2.45, 2.75) is 318 Å². The number of aliphatic hydroxyl groups is 23. The van der Waals surface area contributed by atoms with Crippen LogP contribution in [-0.2, 0) is 109 Å². The molecular weight excluding hydrogens is 1610 g/mol. The van der Waals surface area contributed by atoms with E-state index < -0.39 is 371 Å². The van der Waals surface area contributed by atoms with Crippen molar-refractivity contribution in [1.29, 1.82) is 0 Å². The predicted molar refractivity (Wildman–Crippen MR) is 367 cm³/mol. The van der Waals surface area contributed by atoms with Crippen LogP contribution in [-0.4, -0.2) is 488 Å². The molecule has 9 aliphatic heterocycles. The highest BCUT2D eigenvalue weighted by atomic mass is 16.8. The van der Waals surface area contributed by atoms with Gasteiger partial charge in [0.05, 0.1) is 59.5 Å². The average Bonchev–Trinajstić information content (AvgIpc) is 0.749. The van der Waals surface area contributed by atoms with E-state index in [-0.39, 0.29) is 0 Å². The zero-order chi connectivity index (χ0) is 87.1. The Balaban J connectivity index is 1.13. The van der Waals surface area contributed by atoms with Crippen LogP contribution in [0, 0.1) is 0 Å². The molecule has 9 saturated heterocycles. The molecule has 52 nitrogen and oxygen atoms in total. The fourth-order valence-electron chi connectivity index (χ4n) is 15.3. The van der Waals surface area contributed by atoms with Gasteiger partial charge in [-0.3, -0.25) is 28.8 Å². The number of carbonyl (C=O) groups is 6. The van der Waals surface area contributed by atoms with Gasteiger partial charge in [-0.05, 0) is 0 Å². The van der Waals surface area contributed by atoms with Crippen molar-refractivity contribution in [3.8, 4) is 0 Å². The van der Waals surface area contributed by atoms with Crippen LogP contribution >= 0.6 is 0 Å². The van der Waals surface area contributed by atoms with Gasteiger partial charge < -0.3 is 230 Å². The Hall–Kier alpha value is -4.78. The fraction of sp³-hybridized carbons (Fsp3) is 0.909. The molecule has 0 spiro atoms. The van der Waals surface area contributed by atoms with Crippen molar-refractivity contribution in [2.75, 3.05) is 59.5 Å². The Morgan fingerprint density at radius 3 is 0.797 bits per heavy atom. The molecule has 9 aliphatic rings. The van der Waals surface area contributed by atoms with Crippen molar-refractivity contribution < 1.29 is 227 Å². The first-order chi connectivity index (χ1) is 55.8. The van der Waals surface area contributed by atoms with Crippen LogP contribution < -0.4 is 31.9 Å². The maximum atomic E-state index is 13.3. The summed E-state index contributed by atoms with van der Waals surface area (Å²) < 4.78 is 103. The van der Waals surface area contributed by atoms with Gasteiger partial charge in [-0.1, -0.05) is 0 Å². The Morgan fingerprint density at radius 1 is 0.220 bits per heavy atom. The van der Waals surface area contributed by atoms with Crippen LogP contribution in [0.2, 0.25) is 0 Å². The molecule has 45 atom stereocenters. The Bertz CT molecular complexity index is 3230. The molecule has 0 aliphatic carbocycles. The lowest BCUT2D eigenvalue weighted by Crippen LogP contribution is -2.71. The maximum Gasteiger partial charge on any atom is 0.217 e. The van der Waals surface area contributed by atoms with E-state index in [0.717, 1.165) is 41.5 Å². The number of amides is 6. The van der Waals surface area contributed by atoms with Gasteiger partial charge in [0.15, 0.2) is 56.6 Å². The molecule has 680 valence electrons. The van der Waals surface area contributed by atoms with Crippen LogP contribution in [0.15, 0.2) is 0 Å². The van der Waals surface area contributed by atoms with Crippen molar-refractivity contribution in [3.05, 3.63) is 0 Å². The Kier molecular flexibility index (Phi) is 35.1. The minimum Gasteiger partial charge on any atom is -0.394 e. The van der Waals surface area contributed by atoms with E-state index >= 15 is 0 Å². The molecule has 0 unspecified atom stereocenters. The second kappa shape index (κ2) is 42.7. The highest BCUT2D eigenvalue weighted by Crippen LogP contribution is 2.41. The number of hydrogen-bond donors (Lipinski definition) is 29. The normalized spacial score (nSPS) is 46.9. The van der Waals surface area contributed by atoms with Gasteiger partial charge in [0.2, 0.25) is 35.4 Å². The molecule has 0 aromatic heterocycles. The Labute approximate surface area is 669 Å². The summed E-state index contributed by atoms with van der Waals surface area (Å²) in [7, 11) is 0. The van der Waals surface area contributed by atoms with Crippen molar-refractivity contribution in [2.24, 2.45) is 0 Å². The van der Waals surface area contributed by atoms with E-state index in [1.165, 1.54) is 0 Å². The standard InChI is InChI=1S/C66H110N6O46/c1-16(81)67-31-45(95)51(26(11-77)103-58(31)101)112-62-35(71-20(5)85)47(97)53(28(13-79)108-62)115-64-50(100)55(41(91)30(111-64)15-102-65-56(48(98)40(90)25(10-76)107-65)117-61-34(70-19(4)84)44(94)39(89)24(9-75)106-61)116-66-57(49(99)54(29(14-80)110-66)114-60-33(69-18(3)83)43(93)38(88)23(8-74)105-60)118-63-36(72-21(6)86)46(96)52(27(12-78)109-63)113-59-32(68-17(2)82)42(92)37(87)22(7-73)104-59/h22-66,73-80,87-101H,7-15H2,1-6H3,(H,67,81)(H,68,82)(H,69,83)(H,70,84)(H,71,85)(H,72,86)/t22-,23-,24-,25-,26-,27-,28-,29-,30-,31-,32-,33-,34-,35-,36-,37+,38-,39-,40-,41-,42-,43-,44-,45-,46-,47-,48+,49+,50+,51-,52-,53-,54-,55+,56+,57+,58-,59+,60+,61+,62+,63+,64+,65+,66-/m1/s1. The van der Waals surface area contributed by atoms with Crippen molar-refractivity contribution in [3.63, 3.8) is 0 Å². The molecule has 9 rings (SSSR count). The van der Waals surface area contributed by atoms with Gasteiger partial charge >= 0.3 is 0 Å². The Morgan fingerprint density at radius 2 is 0.458 bits per heavy atom. The van der Waals surface area contributed by atoms with E-state index in [4.69, 9.17) is 80.5 Å². The molecule has 52 heteroatoms. The van der Waals surface area contributed by atoms with E-state index in [1.54, 1.807) is 0 Å². The predicted octanol–water partition coefficient (Wildman–Crippen LogP) is -19.8. The van der Waals surface area contributed by atoms with E-state index in [1.807, 2.05) is 0 Å². The third kappa shape index (κ3) is 21.9. The highest BCUT2D eigenvalue weighted by molar-refractivity contribution is 5.75. The minimum absolute atomic E-state index is 0.798. The van der Waals surface area contributed by atoms with Crippen LogP contribution in [0.5, 0.6) is 0 Å². The second-order valence-electron chi connectivity index (χ2n) is 29.6. The van der Waals surface area contributed by atoms with Gasteiger partial charge in [-0.15, -0.1) is 0 Å². The molecule has 0 radical (unpaired) electrons. The van der Waals surface area contributed by atoms with Crippen LogP contribution in [0.3, 0.4) is 0 Å². The first kappa shape index (κ1) is 97.0. The number of aliphatic hydroxyl groups excluding tert-OH is 23. The topological polar surface area (TPSA) is 797 Å². The third-order valence-corrected chi connectivity index (χ3v) is 21.2. The minimum atomic E-state index is -2.65. The number of carbonyl (C=O) groups excluding carboxylic acids is 6. The zero-order valence-corrected chi connectivity index (χ0v) is 64.0. The molecule has 29 N–H and O–H groups in total. The van der Waals surface area contributed by atoms with Crippen LogP contribution in [0.4, 0.5) is 0 Å². The lowest BCUT2D eigenvalue weighted by molar-refractivity contribution is -0.404. The first-order valence-corrected chi connectivity index (χ1v) is 37.6. The number of nitrogens with one attached hydrogen (secondary N) is 6. The number of rotatable bonds is 31. The molecule has 0 saturated carbocycles. The fourth-order valence-corrected chi connectivity index (χ4v) is 15.3. The summed E-state index contributed by atoms with van der Waals surface area (Å²) in [5.41, 5.74) is 0. The van der Waals surface area contributed by atoms with Gasteiger partial charge in [0, 0.05) is 41.5 Å². The largest absolute Gasteiger partial charge is 0.394 e. The van der Waals surface area contributed by atoms with Crippen molar-refractivity contribution >= 4 is 35.4 Å². The summed E-state index contributed by atoms with van der Waals surface area (Å²) in [6, 6.07) is -11.0. The number of ether oxygens (including phenoxy) is 17. The molecule has 0 bridgehead atoms. The quantitative estimate of drug-likeness (QED) is 0.0306. The monoisotopic (exact) mass is 1720 g/mol. The molecule has 118 heavy (non-hydrogen) atoms. The van der Waals surface area contributed by atoms with Crippen LogP contribution in [0.1, 0.15) is 41.5 Å². The van der Waals surface area contributed by atoms with Crippen molar-refractivity contribution in [1.82, 2.24) is 31.9 Å². The van der Waals surface area contributed by atoms with Gasteiger partial charge in [-0.25, -0.2) is 0 Å². The summed E-state index contributed by atoms with van der Waals surface area (Å²) in [6.45, 7) is -4.32. The summed E-state index contributed by atoms with van der Waals surface area (Å²) in [6.07, 6.45) is -82.3. The van der Waals surface area contributed by atoms with Gasteiger partial charge in [0.1, 0.15) is 219 Å². The summed E-state index contributed by atoms with van der Waals surface area (Å²) in [5, 5.41) is 274. The zero-order valence-electron chi connectivity index (χ0n) is 64.0. The van der Waals surface area contributed by atoms with E-state index in [2.05, 4.69) is 31.9 Å². The molecule has 0 aromatic rings. The van der Waals surface area contributed by atoms with Crippen LogP contribution in [0.25, 0.3) is 0 Å². The smallest absolute Gasteiger partial charge is 0.217 e. The highest BCUT2D eigenvalue weighted by Gasteiger charge is 2.62. The van der Waals surface area contributed by atoms with E-state index in [0.29, 0.717) is 0 Å². The molecule has 0 aromatic carbocycles. The first-order valence-electron chi connectivity index (χ1n) is 37.6. The van der Waals surface area contributed by atoms with E-state index in [9.17, 15) is 146 Å². The number of hydrogen-bond acceptors (Lipinski definition) is 46. The molecule has 9 fully saturated rings. The lowest BCUT2D eigenvalue weighted by atomic mass is 9.93. The third-order valence-electron chi connectivity index (χ3n) is 21.2. The second-order valence-corrected chi connectivity index (χ2v) is 29.6. The lowest BCUT2D eigenvalue weighted by Gasteiger charge is -2.52. The molecular formula is C66H110N6O46. The van der Waals surface area contributed by atoms with Gasteiger partial charge in [0.25, 0.3) is 0 Å². The molecule has 9 heterocycles. The summed E-state index contributed by atoms with van der Waals surface area (Å²) in [4.78, 5) is 76.3. The summed E-state index contributed by atoms with van der Waals surface area (Å²) >= 11 is 0. The van der Waals surface area contributed by atoms with Gasteiger partial charge in [-0.2, -0.15) is 0 Å². The average molecular weight is 1720 g/mol.